The molecule has 0 fully saturated rings. The van der Waals surface area contributed by atoms with Crippen LogP contribution in [-0.4, -0.2) is 52.4 Å². The summed E-state index contributed by atoms with van der Waals surface area (Å²) in [5.74, 6) is -1.44. The van der Waals surface area contributed by atoms with E-state index in [9.17, 15) is 18.0 Å². The molecular weight excluding hydrogens is 550 g/mol. The molecule has 3 N–H and O–H groups in total. The van der Waals surface area contributed by atoms with Crippen molar-refractivity contribution < 1.29 is 37.0 Å². The molecule has 0 radical (unpaired) electrons. The summed E-state index contributed by atoms with van der Waals surface area (Å²) in [5, 5.41) is 0.634. The average molecular weight is 580 g/mol. The summed E-state index contributed by atoms with van der Waals surface area (Å²) < 4.78 is 52.6. The van der Waals surface area contributed by atoms with Crippen LogP contribution in [0.15, 0.2) is 65.7 Å². The Bertz CT molecular complexity index is 1760. The second-order valence-electron chi connectivity index (χ2n) is 9.54. The molecule has 1 atom stereocenters. The van der Waals surface area contributed by atoms with Gasteiger partial charge in [-0.2, -0.15) is 0 Å². The first-order chi connectivity index (χ1) is 19.6. The number of benzene rings is 3. The standard InChI is InChI=1S/C29H29N3O8S/c1-17-4-9-26(25(12-17)38-3)41(35,36)31-29(34)27(18-6-8-23-24(14-18)40-16-39-23)21-15-32(10-11-37-2)22-13-19(28(30)33)5-7-20(21)22/h4-9,12-15,27H,10-11,16H2,1-3H3,(H2,30,33)(H,31,34). The van der Waals surface area contributed by atoms with Crippen LogP contribution in [-0.2, 0) is 26.1 Å². The molecule has 4 aromatic rings. The number of fused-ring (bicyclic) bond motifs is 2. The normalized spacial score (nSPS) is 13.2. The fraction of sp³-hybridized carbons (Fsp3) is 0.241. The second kappa shape index (κ2) is 11.1. The summed E-state index contributed by atoms with van der Waals surface area (Å²) in [6.07, 6.45) is 1.75. The van der Waals surface area contributed by atoms with Crippen LogP contribution in [0.2, 0.25) is 0 Å². The fourth-order valence-corrected chi connectivity index (χ4v) is 6.03. The third-order valence-electron chi connectivity index (χ3n) is 6.88. The van der Waals surface area contributed by atoms with Gasteiger partial charge in [-0.3, -0.25) is 9.59 Å². The molecule has 1 aliphatic rings. The first-order valence-electron chi connectivity index (χ1n) is 12.7. The van der Waals surface area contributed by atoms with Crippen LogP contribution >= 0.6 is 0 Å². The predicted molar refractivity (Wildman–Crippen MR) is 150 cm³/mol. The minimum atomic E-state index is -4.34. The van der Waals surface area contributed by atoms with Crippen molar-refractivity contribution in [1.82, 2.24) is 9.29 Å². The van der Waals surface area contributed by atoms with E-state index in [-0.39, 0.29) is 17.4 Å². The van der Waals surface area contributed by atoms with Crippen molar-refractivity contribution in [3.05, 3.63) is 83.0 Å². The first kappa shape index (κ1) is 28.0. The maximum atomic E-state index is 14.0. The van der Waals surface area contributed by atoms with Crippen molar-refractivity contribution in [1.29, 1.82) is 0 Å². The third kappa shape index (κ3) is 5.43. The topological polar surface area (TPSA) is 148 Å². The number of rotatable bonds is 10. The van der Waals surface area contributed by atoms with E-state index in [2.05, 4.69) is 4.72 Å². The number of carbonyl (C=O) groups is 2. The SMILES string of the molecule is COCCn1cc(C(C(=O)NS(=O)(=O)c2ccc(C)cc2OC)c2ccc3c(c2)OCO3)c2ccc(C(N)=O)cc21. The van der Waals surface area contributed by atoms with E-state index in [0.29, 0.717) is 52.2 Å². The number of methoxy groups -OCH3 is 2. The summed E-state index contributed by atoms with van der Waals surface area (Å²) in [6, 6.07) is 14.5. The van der Waals surface area contributed by atoms with Crippen LogP contribution in [0.5, 0.6) is 17.2 Å². The molecule has 3 aromatic carbocycles. The number of sulfonamides is 1. The van der Waals surface area contributed by atoms with Crippen molar-refractivity contribution in [2.24, 2.45) is 5.73 Å². The lowest BCUT2D eigenvalue weighted by Gasteiger charge is -2.19. The minimum absolute atomic E-state index is 0.0312. The average Bonchev–Trinajstić information content (AvgIpc) is 3.55. The Labute approximate surface area is 236 Å². The number of hydrogen-bond donors (Lipinski definition) is 2. The molecule has 214 valence electrons. The van der Waals surface area contributed by atoms with Gasteiger partial charge in [-0.15, -0.1) is 0 Å². The number of nitrogens with zero attached hydrogens (tertiary/aromatic N) is 1. The van der Waals surface area contributed by atoms with Crippen molar-refractivity contribution in [3.8, 4) is 17.2 Å². The van der Waals surface area contributed by atoms with Gasteiger partial charge in [0, 0.05) is 36.3 Å². The zero-order valence-corrected chi connectivity index (χ0v) is 23.5. The Morgan fingerprint density at radius 3 is 2.56 bits per heavy atom. The molecule has 41 heavy (non-hydrogen) atoms. The van der Waals surface area contributed by atoms with Crippen molar-refractivity contribution in [2.45, 2.75) is 24.3 Å². The number of primary amides is 1. The number of amides is 2. The van der Waals surface area contributed by atoms with Gasteiger partial charge in [0.15, 0.2) is 11.5 Å². The molecule has 1 aliphatic heterocycles. The number of carbonyl (C=O) groups excluding carboxylic acids is 2. The summed E-state index contributed by atoms with van der Waals surface area (Å²) in [6.45, 7) is 2.59. The van der Waals surface area contributed by atoms with Crippen LogP contribution in [0.1, 0.15) is 33.0 Å². The number of nitrogens with one attached hydrogen (secondary N) is 1. The molecule has 0 bridgehead atoms. The Balaban J connectivity index is 1.65. The maximum absolute atomic E-state index is 14.0. The molecule has 5 rings (SSSR count). The van der Waals surface area contributed by atoms with Crippen LogP contribution in [0.3, 0.4) is 0 Å². The van der Waals surface area contributed by atoms with Crippen LogP contribution in [0.4, 0.5) is 0 Å². The summed E-state index contributed by atoms with van der Waals surface area (Å²) >= 11 is 0. The van der Waals surface area contributed by atoms with Gasteiger partial charge in [0.1, 0.15) is 10.6 Å². The van der Waals surface area contributed by atoms with Gasteiger partial charge >= 0.3 is 0 Å². The first-order valence-corrected chi connectivity index (χ1v) is 14.1. The Morgan fingerprint density at radius 2 is 1.83 bits per heavy atom. The van der Waals surface area contributed by atoms with Gasteiger partial charge in [0.05, 0.1) is 19.6 Å². The minimum Gasteiger partial charge on any atom is -0.495 e. The zero-order chi connectivity index (χ0) is 29.3. The largest absolute Gasteiger partial charge is 0.495 e. The quantitative estimate of drug-likeness (QED) is 0.291. The molecule has 1 unspecified atom stereocenters. The maximum Gasteiger partial charge on any atom is 0.267 e. The highest BCUT2D eigenvalue weighted by molar-refractivity contribution is 7.90. The van der Waals surface area contributed by atoms with Crippen molar-refractivity contribution in [2.75, 3.05) is 27.6 Å². The molecule has 2 amide bonds. The van der Waals surface area contributed by atoms with Gasteiger partial charge in [0.2, 0.25) is 18.6 Å². The molecule has 0 spiro atoms. The van der Waals surface area contributed by atoms with Gasteiger partial charge in [-0.1, -0.05) is 18.2 Å². The summed E-state index contributed by atoms with van der Waals surface area (Å²) in [5.41, 5.74) is 8.24. The molecule has 0 aliphatic carbocycles. The smallest absolute Gasteiger partial charge is 0.267 e. The molecule has 0 saturated carbocycles. The Morgan fingerprint density at radius 1 is 1.05 bits per heavy atom. The van der Waals surface area contributed by atoms with Crippen LogP contribution in [0, 0.1) is 6.92 Å². The molecule has 0 saturated heterocycles. The van der Waals surface area contributed by atoms with E-state index >= 15 is 0 Å². The molecule has 1 aromatic heterocycles. The molecule has 12 heteroatoms. The number of hydrogen-bond acceptors (Lipinski definition) is 8. The number of nitrogens with two attached hydrogens (primary N) is 1. The van der Waals surface area contributed by atoms with Crippen LogP contribution in [0.25, 0.3) is 10.9 Å². The number of aromatic nitrogens is 1. The Hall–Kier alpha value is -4.55. The lowest BCUT2D eigenvalue weighted by atomic mass is 9.90. The van der Waals surface area contributed by atoms with Gasteiger partial charge < -0.3 is 29.2 Å². The van der Waals surface area contributed by atoms with E-state index in [1.165, 1.54) is 13.2 Å². The number of aryl methyl sites for hydroxylation is 1. The van der Waals surface area contributed by atoms with E-state index in [4.69, 9.17) is 24.7 Å². The number of ether oxygens (including phenoxy) is 4. The van der Waals surface area contributed by atoms with Gasteiger partial charge in [-0.25, -0.2) is 13.1 Å². The Kier molecular flexibility index (Phi) is 7.61. The highest BCUT2D eigenvalue weighted by atomic mass is 32.2. The van der Waals surface area contributed by atoms with E-state index in [0.717, 1.165) is 5.56 Å². The molecule has 2 heterocycles. The van der Waals surface area contributed by atoms with Gasteiger partial charge in [0.25, 0.3) is 10.0 Å². The summed E-state index contributed by atoms with van der Waals surface area (Å²) in [7, 11) is -1.41. The highest BCUT2D eigenvalue weighted by Crippen LogP contribution is 2.39. The molecule has 11 nitrogen and oxygen atoms in total. The third-order valence-corrected chi connectivity index (χ3v) is 8.27. The predicted octanol–water partition coefficient (Wildman–Crippen LogP) is 3.07. The zero-order valence-electron chi connectivity index (χ0n) is 22.7. The lowest BCUT2D eigenvalue weighted by molar-refractivity contribution is -0.119. The fourth-order valence-electron chi connectivity index (χ4n) is 4.89. The van der Waals surface area contributed by atoms with Crippen molar-refractivity contribution in [3.63, 3.8) is 0 Å². The van der Waals surface area contributed by atoms with E-state index < -0.39 is 27.8 Å². The van der Waals surface area contributed by atoms with E-state index in [1.54, 1.807) is 68.8 Å². The second-order valence-corrected chi connectivity index (χ2v) is 11.2. The monoisotopic (exact) mass is 579 g/mol. The van der Waals surface area contributed by atoms with Crippen LogP contribution < -0.4 is 24.7 Å². The van der Waals surface area contributed by atoms with Crippen molar-refractivity contribution >= 4 is 32.7 Å². The lowest BCUT2D eigenvalue weighted by Crippen LogP contribution is -2.35. The highest BCUT2D eigenvalue weighted by Gasteiger charge is 2.32. The summed E-state index contributed by atoms with van der Waals surface area (Å²) in [4.78, 5) is 25.8. The van der Waals surface area contributed by atoms with E-state index in [1.807, 2.05) is 4.57 Å². The van der Waals surface area contributed by atoms with Gasteiger partial charge in [-0.05, 0) is 60.0 Å². The molecular formula is C29H29N3O8S.